The highest BCUT2D eigenvalue weighted by Crippen LogP contribution is 2.32. The Bertz CT molecular complexity index is 1370. The molecule has 2 heterocycles. The van der Waals surface area contributed by atoms with E-state index in [4.69, 9.17) is 9.47 Å². The van der Waals surface area contributed by atoms with Gasteiger partial charge in [-0.2, -0.15) is 0 Å². The number of thiazole rings is 1. The minimum absolute atomic E-state index is 0.0449. The van der Waals surface area contributed by atoms with Gasteiger partial charge in [-0.1, -0.05) is 17.4 Å². The highest BCUT2D eigenvalue weighted by molar-refractivity contribution is 7.92. The molecule has 1 amide bonds. The van der Waals surface area contributed by atoms with Gasteiger partial charge in [0, 0.05) is 6.20 Å². The average molecular weight is 484 g/mol. The van der Waals surface area contributed by atoms with Crippen LogP contribution in [0.2, 0.25) is 0 Å². The predicted molar refractivity (Wildman–Crippen MR) is 127 cm³/mol. The number of ether oxygens (including phenoxy) is 2. The van der Waals surface area contributed by atoms with E-state index >= 15 is 0 Å². The number of aromatic nitrogens is 2. The molecule has 0 aliphatic rings. The third kappa shape index (κ3) is 5.12. The fourth-order valence-electron chi connectivity index (χ4n) is 3.16. The summed E-state index contributed by atoms with van der Waals surface area (Å²) in [6, 6.07) is 16.7. The first-order chi connectivity index (χ1) is 15.9. The molecule has 10 heteroatoms. The number of nitrogens with zero attached hydrogens (tertiary/aromatic N) is 3. The summed E-state index contributed by atoms with van der Waals surface area (Å²) in [6.07, 6.45) is 1.62. The molecular formula is C23H21N3O5S2. The number of hydrogen-bond donors (Lipinski definition) is 0. The lowest BCUT2D eigenvalue weighted by Gasteiger charge is -2.19. The lowest BCUT2D eigenvalue weighted by atomic mass is 10.3. The van der Waals surface area contributed by atoms with Crippen molar-refractivity contribution in [2.45, 2.75) is 11.4 Å². The minimum Gasteiger partial charge on any atom is -0.497 e. The van der Waals surface area contributed by atoms with E-state index in [2.05, 4.69) is 9.97 Å². The number of fused-ring (bicyclic) bond motifs is 1. The Morgan fingerprint density at radius 3 is 2.39 bits per heavy atom. The Hall–Kier alpha value is -3.50. The van der Waals surface area contributed by atoms with Crippen LogP contribution in [0.5, 0.6) is 11.5 Å². The van der Waals surface area contributed by atoms with Crippen molar-refractivity contribution in [3.63, 3.8) is 0 Å². The molecule has 0 unspecified atom stereocenters. The summed E-state index contributed by atoms with van der Waals surface area (Å²) in [6.45, 7) is 0.0920. The number of carbonyl (C=O) groups is 1. The van der Waals surface area contributed by atoms with Gasteiger partial charge in [0.15, 0.2) is 15.0 Å². The lowest BCUT2D eigenvalue weighted by molar-refractivity contribution is -0.116. The topological polar surface area (TPSA) is 98.7 Å². The number of anilines is 1. The fraction of sp³-hybridized carbons (Fsp3) is 0.174. The standard InChI is InChI=1S/C23H21N3O5S2/c1-30-17-6-9-19(10-7-17)33(28,29)15-22(27)26(14-16-5-3-4-12-24-16)23-25-20-11-8-18(31-2)13-21(20)32-23/h3-13H,14-15H2,1-2H3. The molecule has 0 aliphatic carbocycles. The molecule has 0 fully saturated rings. The first kappa shape index (κ1) is 22.7. The summed E-state index contributed by atoms with van der Waals surface area (Å²) in [5.74, 6) is -0.0994. The molecule has 170 valence electrons. The maximum absolute atomic E-state index is 13.3. The first-order valence-corrected chi connectivity index (χ1v) is 12.4. The number of amides is 1. The van der Waals surface area contributed by atoms with Crippen LogP contribution in [-0.4, -0.2) is 44.3 Å². The largest absolute Gasteiger partial charge is 0.497 e. The van der Waals surface area contributed by atoms with E-state index in [0.717, 1.165) is 4.70 Å². The van der Waals surface area contributed by atoms with Crippen molar-refractivity contribution in [2.75, 3.05) is 24.9 Å². The SMILES string of the molecule is COc1ccc(S(=O)(=O)CC(=O)N(Cc2ccccn2)c2nc3ccc(OC)cc3s2)cc1. The van der Waals surface area contributed by atoms with Crippen LogP contribution < -0.4 is 14.4 Å². The highest BCUT2D eigenvalue weighted by atomic mass is 32.2. The molecule has 4 aromatic rings. The number of rotatable bonds is 8. The molecule has 0 spiro atoms. The molecule has 2 aromatic carbocycles. The second-order valence-corrected chi connectivity index (χ2v) is 10.1. The number of carbonyl (C=O) groups excluding carboxylic acids is 1. The van der Waals surface area contributed by atoms with Gasteiger partial charge in [0.25, 0.3) is 0 Å². The van der Waals surface area contributed by atoms with Crippen LogP contribution in [0.3, 0.4) is 0 Å². The van der Waals surface area contributed by atoms with Gasteiger partial charge in [-0.25, -0.2) is 13.4 Å². The van der Waals surface area contributed by atoms with Crippen LogP contribution in [0.4, 0.5) is 5.13 Å². The maximum Gasteiger partial charge on any atom is 0.244 e. The van der Waals surface area contributed by atoms with Gasteiger partial charge in [-0.15, -0.1) is 0 Å². The number of methoxy groups -OCH3 is 2. The van der Waals surface area contributed by atoms with Crippen molar-refractivity contribution in [3.8, 4) is 11.5 Å². The molecule has 0 saturated heterocycles. The Morgan fingerprint density at radius 2 is 1.73 bits per heavy atom. The number of sulfone groups is 1. The van der Waals surface area contributed by atoms with Crippen LogP contribution in [0.15, 0.2) is 71.8 Å². The Labute approximate surface area is 195 Å². The van der Waals surface area contributed by atoms with Gasteiger partial charge < -0.3 is 9.47 Å². The van der Waals surface area contributed by atoms with Gasteiger partial charge in [-0.3, -0.25) is 14.7 Å². The zero-order valence-corrected chi connectivity index (χ0v) is 19.6. The average Bonchev–Trinajstić information content (AvgIpc) is 3.25. The summed E-state index contributed by atoms with van der Waals surface area (Å²) in [7, 11) is -0.811. The monoisotopic (exact) mass is 483 g/mol. The summed E-state index contributed by atoms with van der Waals surface area (Å²) in [4.78, 5) is 23.5. The number of pyridine rings is 1. The van der Waals surface area contributed by atoms with E-state index in [1.165, 1.54) is 35.5 Å². The van der Waals surface area contributed by atoms with E-state index < -0.39 is 21.5 Å². The summed E-state index contributed by atoms with van der Waals surface area (Å²) in [5.41, 5.74) is 1.30. The quantitative estimate of drug-likeness (QED) is 0.377. The van der Waals surface area contributed by atoms with E-state index in [1.807, 2.05) is 12.1 Å². The van der Waals surface area contributed by atoms with Gasteiger partial charge in [0.1, 0.15) is 17.3 Å². The van der Waals surface area contributed by atoms with E-state index in [1.54, 1.807) is 49.7 Å². The van der Waals surface area contributed by atoms with Gasteiger partial charge in [0.05, 0.1) is 41.6 Å². The number of benzene rings is 2. The molecule has 0 aliphatic heterocycles. The van der Waals surface area contributed by atoms with Crippen LogP contribution in [0.25, 0.3) is 10.2 Å². The molecule has 0 atom stereocenters. The molecule has 0 bridgehead atoms. The Balaban J connectivity index is 1.67. The predicted octanol–water partition coefficient (Wildman–Crippen LogP) is 3.72. The zero-order chi connectivity index (χ0) is 23.4. The smallest absolute Gasteiger partial charge is 0.244 e. The molecule has 2 aromatic heterocycles. The maximum atomic E-state index is 13.3. The summed E-state index contributed by atoms with van der Waals surface area (Å²) in [5, 5.41) is 0.388. The zero-order valence-electron chi connectivity index (χ0n) is 18.0. The molecular weight excluding hydrogens is 462 g/mol. The molecule has 8 nitrogen and oxygen atoms in total. The third-order valence-electron chi connectivity index (χ3n) is 4.89. The highest BCUT2D eigenvalue weighted by Gasteiger charge is 2.27. The van der Waals surface area contributed by atoms with Crippen molar-refractivity contribution in [2.24, 2.45) is 0 Å². The van der Waals surface area contributed by atoms with Gasteiger partial charge in [-0.05, 0) is 54.6 Å². The third-order valence-corrected chi connectivity index (χ3v) is 7.55. The van der Waals surface area contributed by atoms with Crippen LogP contribution in [0, 0.1) is 0 Å². The molecule has 0 N–H and O–H groups in total. The van der Waals surface area contributed by atoms with Crippen molar-refractivity contribution in [1.82, 2.24) is 9.97 Å². The molecule has 33 heavy (non-hydrogen) atoms. The van der Waals surface area contributed by atoms with Crippen LogP contribution in [-0.2, 0) is 21.2 Å². The lowest BCUT2D eigenvalue weighted by Crippen LogP contribution is -2.35. The molecule has 0 radical (unpaired) electrons. The second kappa shape index (κ2) is 9.55. The van der Waals surface area contributed by atoms with Crippen molar-refractivity contribution < 1.29 is 22.7 Å². The summed E-state index contributed by atoms with van der Waals surface area (Å²) < 4.78 is 37.1. The van der Waals surface area contributed by atoms with E-state index in [0.29, 0.717) is 27.8 Å². The van der Waals surface area contributed by atoms with E-state index in [9.17, 15) is 13.2 Å². The van der Waals surface area contributed by atoms with Crippen LogP contribution in [0.1, 0.15) is 5.69 Å². The van der Waals surface area contributed by atoms with Gasteiger partial charge in [0.2, 0.25) is 5.91 Å². The second-order valence-electron chi connectivity index (χ2n) is 7.07. The van der Waals surface area contributed by atoms with Gasteiger partial charge >= 0.3 is 0 Å². The number of hydrogen-bond acceptors (Lipinski definition) is 8. The normalized spacial score (nSPS) is 11.3. The summed E-state index contributed by atoms with van der Waals surface area (Å²) >= 11 is 1.28. The Morgan fingerprint density at radius 1 is 1.00 bits per heavy atom. The van der Waals surface area contributed by atoms with Crippen LogP contribution >= 0.6 is 11.3 Å². The molecule has 4 rings (SSSR count). The minimum atomic E-state index is -3.88. The van der Waals surface area contributed by atoms with Crippen molar-refractivity contribution in [3.05, 3.63) is 72.6 Å². The first-order valence-electron chi connectivity index (χ1n) is 9.91. The van der Waals surface area contributed by atoms with E-state index in [-0.39, 0.29) is 11.4 Å². The van der Waals surface area contributed by atoms with Crippen molar-refractivity contribution >= 4 is 42.4 Å². The molecule has 0 saturated carbocycles. The fourth-order valence-corrected chi connectivity index (χ4v) is 5.37. The Kier molecular flexibility index (Phi) is 6.57. The van der Waals surface area contributed by atoms with Crippen molar-refractivity contribution in [1.29, 1.82) is 0 Å².